The molecule has 1 N–H and O–H groups in total. The molecule has 0 radical (unpaired) electrons. The summed E-state index contributed by atoms with van der Waals surface area (Å²) in [6.45, 7) is 6.18. The zero-order valence-corrected chi connectivity index (χ0v) is 20.0. The quantitative estimate of drug-likeness (QED) is 0.414. The molecule has 0 aliphatic carbocycles. The Hall–Kier alpha value is -3.48. The molecule has 0 unspecified atom stereocenters. The van der Waals surface area contributed by atoms with Crippen LogP contribution in [0.2, 0.25) is 0 Å². The summed E-state index contributed by atoms with van der Waals surface area (Å²) in [5.74, 6) is -0.206. The lowest BCUT2D eigenvalue weighted by molar-refractivity contribution is 0.0955. The molecule has 0 spiro atoms. The number of amides is 1. The third-order valence-electron chi connectivity index (χ3n) is 6.13. The predicted molar refractivity (Wildman–Crippen MR) is 139 cm³/mol. The average molecular weight is 456 g/mol. The summed E-state index contributed by atoms with van der Waals surface area (Å²) >= 11 is 0. The van der Waals surface area contributed by atoms with Crippen molar-refractivity contribution in [1.29, 1.82) is 0 Å². The van der Waals surface area contributed by atoms with Crippen molar-refractivity contribution in [2.75, 3.05) is 45.2 Å². The van der Waals surface area contributed by atoms with Gasteiger partial charge in [-0.3, -0.25) is 14.6 Å². The Morgan fingerprint density at radius 3 is 1.94 bits per heavy atom. The van der Waals surface area contributed by atoms with Crippen molar-refractivity contribution in [3.63, 3.8) is 0 Å². The van der Waals surface area contributed by atoms with E-state index in [1.165, 1.54) is 11.1 Å². The highest BCUT2D eigenvalue weighted by Crippen LogP contribution is 2.13. The second-order valence-electron chi connectivity index (χ2n) is 8.92. The molecule has 176 valence electrons. The first kappa shape index (κ1) is 23.7. The Balaban J connectivity index is 1.22. The van der Waals surface area contributed by atoms with Gasteiger partial charge >= 0.3 is 0 Å². The maximum Gasteiger partial charge on any atom is 0.271 e. The van der Waals surface area contributed by atoms with Crippen LogP contribution in [0.5, 0.6) is 0 Å². The third-order valence-corrected chi connectivity index (χ3v) is 6.13. The number of hydrogen-bond donors (Lipinski definition) is 1. The highest BCUT2D eigenvalue weighted by Gasteiger charge is 2.17. The monoisotopic (exact) mass is 455 g/mol. The second-order valence-corrected chi connectivity index (χ2v) is 8.92. The number of hydrogen-bond acceptors (Lipinski definition) is 5. The summed E-state index contributed by atoms with van der Waals surface area (Å²) in [7, 11) is 4.00. The van der Waals surface area contributed by atoms with E-state index < -0.39 is 0 Å². The molecular formula is C28H33N5O. The Morgan fingerprint density at radius 1 is 0.824 bits per heavy atom. The molecule has 4 rings (SSSR count). The Bertz CT molecular complexity index is 1070. The van der Waals surface area contributed by atoms with Gasteiger partial charge in [-0.05, 0) is 41.0 Å². The molecule has 34 heavy (non-hydrogen) atoms. The first-order chi connectivity index (χ1) is 16.6. The number of rotatable bonds is 8. The first-order valence-corrected chi connectivity index (χ1v) is 11.8. The summed E-state index contributed by atoms with van der Waals surface area (Å²) < 4.78 is 0. The number of anilines is 1. The smallest absolute Gasteiger partial charge is 0.271 e. The summed E-state index contributed by atoms with van der Waals surface area (Å²) in [6, 6.07) is 26.5. The number of carbonyl (C=O) groups is 1. The lowest BCUT2D eigenvalue weighted by atomic mass is 10.1. The molecule has 1 aliphatic rings. The van der Waals surface area contributed by atoms with Gasteiger partial charge in [0, 0.05) is 64.6 Å². The van der Waals surface area contributed by atoms with Crippen molar-refractivity contribution >= 4 is 17.8 Å². The summed E-state index contributed by atoms with van der Waals surface area (Å²) in [5.41, 5.74) is 7.87. The van der Waals surface area contributed by atoms with E-state index in [0.717, 1.165) is 50.5 Å². The molecule has 6 heteroatoms. The molecule has 0 atom stereocenters. The molecule has 3 aromatic rings. The molecule has 6 nitrogen and oxygen atoms in total. The average Bonchev–Trinajstić information content (AvgIpc) is 2.86. The third kappa shape index (κ3) is 6.76. The van der Waals surface area contributed by atoms with E-state index in [9.17, 15) is 4.79 Å². The van der Waals surface area contributed by atoms with E-state index in [1.54, 1.807) is 6.21 Å². The van der Waals surface area contributed by atoms with Gasteiger partial charge in [0.25, 0.3) is 5.91 Å². The molecular weight excluding hydrogens is 422 g/mol. The van der Waals surface area contributed by atoms with Crippen LogP contribution in [-0.2, 0) is 13.1 Å². The molecule has 1 saturated heterocycles. The van der Waals surface area contributed by atoms with Gasteiger partial charge in [-0.1, -0.05) is 54.6 Å². The number of piperazine rings is 1. The Kier molecular flexibility index (Phi) is 8.07. The van der Waals surface area contributed by atoms with Crippen molar-refractivity contribution in [1.82, 2.24) is 15.2 Å². The van der Waals surface area contributed by atoms with Crippen LogP contribution >= 0.6 is 0 Å². The van der Waals surface area contributed by atoms with E-state index in [0.29, 0.717) is 5.56 Å². The van der Waals surface area contributed by atoms with E-state index in [2.05, 4.69) is 50.7 Å². The molecule has 1 fully saturated rings. The molecule has 0 saturated carbocycles. The van der Waals surface area contributed by atoms with E-state index in [1.807, 2.05) is 67.5 Å². The number of nitrogens with zero attached hydrogens (tertiary/aromatic N) is 4. The minimum atomic E-state index is -0.206. The number of carbonyl (C=O) groups excluding carboxylic acids is 1. The fraction of sp³-hybridized carbons (Fsp3) is 0.286. The number of hydrazone groups is 1. The van der Waals surface area contributed by atoms with Crippen LogP contribution in [0.1, 0.15) is 27.0 Å². The van der Waals surface area contributed by atoms with Gasteiger partial charge < -0.3 is 4.90 Å². The van der Waals surface area contributed by atoms with Crippen LogP contribution in [0.3, 0.4) is 0 Å². The number of benzene rings is 3. The van der Waals surface area contributed by atoms with Crippen molar-refractivity contribution in [3.05, 3.63) is 101 Å². The van der Waals surface area contributed by atoms with E-state index in [-0.39, 0.29) is 5.91 Å². The first-order valence-electron chi connectivity index (χ1n) is 11.8. The molecule has 0 aromatic heterocycles. The van der Waals surface area contributed by atoms with Gasteiger partial charge in [-0.15, -0.1) is 0 Å². The second kappa shape index (κ2) is 11.6. The minimum Gasteiger partial charge on any atom is -0.378 e. The van der Waals surface area contributed by atoms with Gasteiger partial charge in [0.05, 0.1) is 6.21 Å². The molecule has 3 aromatic carbocycles. The van der Waals surface area contributed by atoms with Gasteiger partial charge in [-0.2, -0.15) is 5.10 Å². The Labute approximate surface area is 202 Å². The van der Waals surface area contributed by atoms with Gasteiger partial charge in [0.2, 0.25) is 0 Å². The largest absolute Gasteiger partial charge is 0.378 e. The van der Waals surface area contributed by atoms with E-state index in [4.69, 9.17) is 0 Å². The number of nitrogens with one attached hydrogen (secondary N) is 1. The van der Waals surface area contributed by atoms with Gasteiger partial charge in [0.1, 0.15) is 0 Å². The van der Waals surface area contributed by atoms with Crippen molar-refractivity contribution in [2.45, 2.75) is 13.1 Å². The predicted octanol–water partition coefficient (Wildman–Crippen LogP) is 3.83. The molecule has 0 bridgehead atoms. The SMILES string of the molecule is CN(C)c1ccc(/C=N/NC(=O)c2ccc(CN3CCN(Cc4ccccc4)CC3)cc2)cc1. The fourth-order valence-corrected chi connectivity index (χ4v) is 4.06. The summed E-state index contributed by atoms with van der Waals surface area (Å²) in [5, 5.41) is 4.09. The normalized spacial score (nSPS) is 14.9. The van der Waals surface area contributed by atoms with Crippen LogP contribution in [0.15, 0.2) is 84.0 Å². The zero-order chi connectivity index (χ0) is 23.8. The Morgan fingerprint density at radius 2 is 1.38 bits per heavy atom. The maximum atomic E-state index is 12.4. The van der Waals surface area contributed by atoms with E-state index >= 15 is 0 Å². The highest BCUT2D eigenvalue weighted by molar-refractivity contribution is 5.94. The van der Waals surface area contributed by atoms with Crippen molar-refractivity contribution in [3.8, 4) is 0 Å². The lowest BCUT2D eigenvalue weighted by Gasteiger charge is -2.34. The summed E-state index contributed by atoms with van der Waals surface area (Å²) in [6.07, 6.45) is 1.66. The topological polar surface area (TPSA) is 51.2 Å². The van der Waals surface area contributed by atoms with Crippen LogP contribution in [0, 0.1) is 0 Å². The molecule has 1 heterocycles. The highest BCUT2D eigenvalue weighted by atomic mass is 16.2. The lowest BCUT2D eigenvalue weighted by Crippen LogP contribution is -2.45. The van der Waals surface area contributed by atoms with Crippen LogP contribution in [0.25, 0.3) is 0 Å². The summed E-state index contributed by atoms with van der Waals surface area (Å²) in [4.78, 5) is 19.4. The molecule has 1 aliphatic heterocycles. The van der Waals surface area contributed by atoms with Crippen molar-refractivity contribution in [2.24, 2.45) is 5.10 Å². The van der Waals surface area contributed by atoms with Gasteiger partial charge in [0.15, 0.2) is 0 Å². The minimum absolute atomic E-state index is 0.206. The van der Waals surface area contributed by atoms with Gasteiger partial charge in [-0.25, -0.2) is 5.43 Å². The zero-order valence-electron chi connectivity index (χ0n) is 20.0. The van der Waals surface area contributed by atoms with Crippen LogP contribution < -0.4 is 10.3 Å². The molecule has 1 amide bonds. The van der Waals surface area contributed by atoms with Crippen LogP contribution in [0.4, 0.5) is 5.69 Å². The van der Waals surface area contributed by atoms with Crippen LogP contribution in [-0.4, -0.2) is 62.2 Å². The maximum absolute atomic E-state index is 12.4. The van der Waals surface area contributed by atoms with Crippen molar-refractivity contribution < 1.29 is 4.79 Å². The standard InChI is InChI=1S/C28H33N5O/c1-31(2)27-14-10-23(11-15-27)20-29-30-28(34)26-12-8-25(9-13-26)22-33-18-16-32(17-19-33)21-24-6-4-3-5-7-24/h3-15,20H,16-19,21-22H2,1-2H3,(H,30,34)/b29-20+. The fourth-order valence-electron chi connectivity index (χ4n) is 4.06.